The number of hydrogen-bond acceptors (Lipinski definition) is 7. The maximum atomic E-state index is 12.1. The fourth-order valence-electron chi connectivity index (χ4n) is 3.30. The van der Waals surface area contributed by atoms with Crippen molar-refractivity contribution in [3.8, 4) is 11.5 Å². The van der Waals surface area contributed by atoms with Crippen LogP contribution in [0.3, 0.4) is 0 Å². The number of carbonyl (C=O) groups excluding carboxylic acids is 2. The minimum atomic E-state index is -0.562. The fraction of sp³-hybridized carbons (Fsp3) is 0.286. The normalized spacial score (nSPS) is 10.6. The van der Waals surface area contributed by atoms with Crippen LogP contribution in [-0.4, -0.2) is 58.2 Å². The number of nitrogens with one attached hydrogen (secondary N) is 1. The van der Waals surface area contributed by atoms with Crippen LogP contribution in [0.15, 0.2) is 79.4 Å². The Bertz CT molecular complexity index is 1120. The molecule has 8 nitrogen and oxygen atoms in total. The summed E-state index contributed by atoms with van der Waals surface area (Å²) in [4.78, 5) is 23.0. The van der Waals surface area contributed by atoms with Gasteiger partial charge in [-0.15, -0.1) is 0 Å². The smallest absolute Gasteiger partial charge is 0.412 e. The summed E-state index contributed by atoms with van der Waals surface area (Å²) in [6.07, 6.45) is 1.36. The zero-order valence-electron chi connectivity index (χ0n) is 20.1. The number of benzene rings is 3. The van der Waals surface area contributed by atoms with E-state index in [-0.39, 0.29) is 13.2 Å². The highest BCUT2D eigenvalue weighted by Gasteiger charge is 2.08. The summed E-state index contributed by atoms with van der Waals surface area (Å²) in [6.45, 7) is 5.63. The van der Waals surface area contributed by atoms with Crippen LogP contribution in [0.5, 0.6) is 11.5 Å². The van der Waals surface area contributed by atoms with Gasteiger partial charge in [-0.3, -0.25) is 0 Å². The highest BCUT2D eigenvalue weighted by Crippen LogP contribution is 2.29. The Morgan fingerprint density at radius 1 is 0.833 bits per heavy atom. The molecule has 0 heterocycles. The maximum absolute atomic E-state index is 12.1. The Hall–Kier alpha value is -3.88. The molecular weight excluding hydrogens is 462 g/mol. The van der Waals surface area contributed by atoms with Crippen molar-refractivity contribution < 1.29 is 33.3 Å². The molecule has 36 heavy (non-hydrogen) atoms. The second-order valence-corrected chi connectivity index (χ2v) is 7.64. The summed E-state index contributed by atoms with van der Waals surface area (Å²) in [5.74, 6) is 0.746. The van der Waals surface area contributed by atoms with Gasteiger partial charge in [-0.25, -0.2) is 9.59 Å². The fourth-order valence-corrected chi connectivity index (χ4v) is 3.30. The average molecular weight is 494 g/mol. The largest absolute Gasteiger partial charge is 0.493 e. The Morgan fingerprint density at radius 2 is 1.61 bits per heavy atom. The third-order valence-electron chi connectivity index (χ3n) is 5.04. The number of amides is 1. The van der Waals surface area contributed by atoms with Gasteiger partial charge in [-0.2, -0.15) is 0 Å². The maximum Gasteiger partial charge on any atom is 0.412 e. The molecule has 0 aliphatic rings. The van der Waals surface area contributed by atoms with E-state index in [1.165, 1.54) is 5.56 Å². The quantitative estimate of drug-likeness (QED) is 0.192. The molecule has 0 aromatic heterocycles. The number of ether oxygens (including phenoxy) is 5. The van der Waals surface area contributed by atoms with Crippen molar-refractivity contribution in [2.24, 2.45) is 0 Å². The van der Waals surface area contributed by atoms with E-state index in [1.54, 1.807) is 12.1 Å². The van der Waals surface area contributed by atoms with E-state index in [0.29, 0.717) is 38.7 Å². The Balaban J connectivity index is 1.33. The van der Waals surface area contributed by atoms with Gasteiger partial charge in [-0.05, 0) is 35.2 Å². The van der Waals surface area contributed by atoms with Gasteiger partial charge in [-0.1, -0.05) is 49.0 Å². The minimum Gasteiger partial charge on any atom is -0.493 e. The molecule has 0 fully saturated rings. The molecular formula is C28H31NO7. The molecule has 8 heteroatoms. The van der Waals surface area contributed by atoms with Gasteiger partial charge < -0.3 is 29.0 Å². The van der Waals surface area contributed by atoms with Gasteiger partial charge in [0.2, 0.25) is 0 Å². The van der Waals surface area contributed by atoms with Crippen molar-refractivity contribution in [3.63, 3.8) is 0 Å². The molecule has 3 aromatic carbocycles. The first kappa shape index (κ1) is 26.7. The minimum absolute atomic E-state index is 0.162. The summed E-state index contributed by atoms with van der Waals surface area (Å²) in [6, 6.07) is 21.4. The molecule has 0 atom stereocenters. The number of esters is 1. The van der Waals surface area contributed by atoms with Crippen molar-refractivity contribution >= 4 is 22.8 Å². The Labute approximate surface area is 210 Å². The van der Waals surface area contributed by atoms with Crippen molar-refractivity contribution in [3.05, 3.63) is 84.9 Å². The molecule has 3 rings (SSSR count). The summed E-state index contributed by atoms with van der Waals surface area (Å²) < 4.78 is 26.8. The van der Waals surface area contributed by atoms with Gasteiger partial charge in [0.1, 0.15) is 18.1 Å². The van der Waals surface area contributed by atoms with E-state index in [2.05, 4.69) is 24.0 Å². The predicted octanol–water partition coefficient (Wildman–Crippen LogP) is 4.31. The van der Waals surface area contributed by atoms with Crippen molar-refractivity contribution in [2.45, 2.75) is 6.42 Å². The van der Waals surface area contributed by atoms with Crippen LogP contribution in [0.25, 0.3) is 10.8 Å². The predicted molar refractivity (Wildman–Crippen MR) is 136 cm³/mol. The molecule has 0 spiro atoms. The molecule has 0 radical (unpaired) electrons. The van der Waals surface area contributed by atoms with Crippen LogP contribution in [-0.2, 0) is 25.4 Å². The standard InChI is InChI=1S/C28H31NO7/c1-2-27(30)35-20-19-33-18-17-32-16-14-29-28(31)36-24-11-12-25-23(21-24)9-6-10-26(25)34-15-13-22-7-4-3-5-8-22/h2-12,21H,1,13-20H2,(H,29,31). The van der Waals surface area contributed by atoms with Crippen LogP contribution in [0.1, 0.15) is 5.56 Å². The number of rotatable bonds is 15. The molecule has 0 aliphatic carbocycles. The van der Waals surface area contributed by atoms with Gasteiger partial charge in [0, 0.05) is 24.4 Å². The molecule has 3 aromatic rings. The number of hydrogen-bond donors (Lipinski definition) is 1. The lowest BCUT2D eigenvalue weighted by atomic mass is 10.1. The summed E-state index contributed by atoms with van der Waals surface area (Å²) in [7, 11) is 0. The highest BCUT2D eigenvalue weighted by atomic mass is 16.6. The molecule has 0 aliphatic heterocycles. The van der Waals surface area contributed by atoms with E-state index < -0.39 is 12.1 Å². The lowest BCUT2D eigenvalue weighted by molar-refractivity contribution is -0.139. The lowest BCUT2D eigenvalue weighted by Crippen LogP contribution is -2.30. The van der Waals surface area contributed by atoms with Crippen molar-refractivity contribution in [1.82, 2.24) is 5.32 Å². The first-order valence-corrected chi connectivity index (χ1v) is 11.8. The van der Waals surface area contributed by atoms with Crippen molar-refractivity contribution in [2.75, 3.05) is 46.2 Å². The van der Waals surface area contributed by atoms with Gasteiger partial charge in [0.25, 0.3) is 0 Å². The molecule has 0 saturated heterocycles. The second kappa shape index (κ2) is 15.2. The molecule has 0 unspecified atom stereocenters. The van der Waals surface area contributed by atoms with E-state index in [1.807, 2.05) is 42.5 Å². The topological polar surface area (TPSA) is 92.3 Å². The van der Waals surface area contributed by atoms with Crippen LogP contribution >= 0.6 is 0 Å². The van der Waals surface area contributed by atoms with E-state index in [0.717, 1.165) is 29.0 Å². The van der Waals surface area contributed by atoms with Crippen LogP contribution in [0, 0.1) is 0 Å². The second-order valence-electron chi connectivity index (χ2n) is 7.64. The third kappa shape index (κ3) is 9.40. The number of carbonyl (C=O) groups is 2. The summed E-state index contributed by atoms with van der Waals surface area (Å²) >= 11 is 0. The summed E-state index contributed by atoms with van der Waals surface area (Å²) in [5.41, 5.74) is 1.22. The SMILES string of the molecule is C=CC(=O)OCCOCCOCCNC(=O)Oc1ccc2c(OCCc3ccccc3)cccc2c1. The highest BCUT2D eigenvalue weighted by molar-refractivity contribution is 5.90. The number of fused-ring (bicyclic) bond motifs is 1. The first-order chi connectivity index (χ1) is 17.7. The van der Waals surface area contributed by atoms with Gasteiger partial charge in [0.05, 0.1) is 33.0 Å². The van der Waals surface area contributed by atoms with Crippen LogP contribution in [0.2, 0.25) is 0 Å². The molecule has 1 N–H and O–H groups in total. The average Bonchev–Trinajstić information content (AvgIpc) is 2.90. The van der Waals surface area contributed by atoms with Gasteiger partial charge >= 0.3 is 12.1 Å². The summed E-state index contributed by atoms with van der Waals surface area (Å²) in [5, 5.41) is 4.51. The monoisotopic (exact) mass is 493 g/mol. The van der Waals surface area contributed by atoms with Crippen molar-refractivity contribution in [1.29, 1.82) is 0 Å². The van der Waals surface area contributed by atoms with E-state index >= 15 is 0 Å². The zero-order chi connectivity index (χ0) is 25.4. The van der Waals surface area contributed by atoms with Crippen LogP contribution in [0.4, 0.5) is 4.79 Å². The van der Waals surface area contributed by atoms with Gasteiger partial charge in [0.15, 0.2) is 0 Å². The molecule has 0 bridgehead atoms. The first-order valence-electron chi connectivity index (χ1n) is 11.8. The zero-order valence-corrected chi connectivity index (χ0v) is 20.1. The van der Waals surface area contributed by atoms with E-state index in [4.69, 9.17) is 23.7 Å². The molecule has 190 valence electrons. The lowest BCUT2D eigenvalue weighted by Gasteiger charge is -2.11. The third-order valence-corrected chi connectivity index (χ3v) is 5.04. The molecule has 0 saturated carbocycles. The van der Waals surface area contributed by atoms with E-state index in [9.17, 15) is 9.59 Å². The van der Waals surface area contributed by atoms with Crippen LogP contribution < -0.4 is 14.8 Å². The molecule has 1 amide bonds. The Morgan fingerprint density at radius 3 is 2.42 bits per heavy atom. The Kier molecular flexibility index (Phi) is 11.3.